The lowest BCUT2D eigenvalue weighted by Crippen LogP contribution is -2.39. The molecule has 0 spiro atoms. The van der Waals surface area contributed by atoms with Crippen LogP contribution in [0.25, 0.3) is 0 Å². The average molecular weight is 404 g/mol. The minimum Gasteiger partial charge on any atom is -0.494 e. The van der Waals surface area contributed by atoms with Crippen LogP contribution in [0.1, 0.15) is 34.5 Å². The summed E-state index contributed by atoms with van der Waals surface area (Å²) in [5.74, 6) is -0.422. The number of benzene rings is 3. The second kappa shape index (κ2) is 8.37. The highest BCUT2D eigenvalue weighted by molar-refractivity contribution is 6.01. The number of nitrogens with zero attached hydrogens (tertiary/aromatic N) is 1. The fourth-order valence-electron chi connectivity index (χ4n) is 3.69. The van der Waals surface area contributed by atoms with Crippen LogP contribution in [0, 0.1) is 5.82 Å². The molecule has 30 heavy (non-hydrogen) atoms. The molecule has 3 aromatic carbocycles. The van der Waals surface area contributed by atoms with Gasteiger partial charge >= 0.3 is 0 Å². The number of halogens is 1. The van der Waals surface area contributed by atoms with E-state index in [1.54, 1.807) is 24.3 Å². The van der Waals surface area contributed by atoms with Crippen molar-refractivity contribution in [1.82, 2.24) is 4.90 Å². The number of carbonyl (C=O) groups excluding carboxylic acids is 2. The van der Waals surface area contributed by atoms with Gasteiger partial charge in [-0.3, -0.25) is 9.59 Å². The fourth-order valence-corrected chi connectivity index (χ4v) is 3.69. The zero-order valence-corrected chi connectivity index (χ0v) is 16.5. The van der Waals surface area contributed by atoms with E-state index in [1.807, 2.05) is 37.3 Å². The van der Waals surface area contributed by atoms with Gasteiger partial charge in [0.05, 0.1) is 12.6 Å². The predicted molar refractivity (Wildman–Crippen MR) is 112 cm³/mol. The molecule has 152 valence electrons. The van der Waals surface area contributed by atoms with Crippen LogP contribution in [0.2, 0.25) is 0 Å². The molecule has 0 saturated carbocycles. The smallest absolute Gasteiger partial charge is 0.255 e. The second-order valence-corrected chi connectivity index (χ2v) is 6.98. The molecular weight excluding hydrogens is 383 g/mol. The quantitative estimate of drug-likeness (QED) is 0.701. The van der Waals surface area contributed by atoms with E-state index in [4.69, 9.17) is 4.74 Å². The standard InChI is InChI=1S/C24H21FN2O3/c1-2-30-19-11-8-17(9-12-19)24(29)27-15-22(28)26-21-13-10-18(25)14-20(21)23(27)16-6-4-3-5-7-16/h3-14,23H,2,15H2,1H3,(H,26,28). The van der Waals surface area contributed by atoms with Crippen LogP contribution < -0.4 is 10.1 Å². The van der Waals surface area contributed by atoms with E-state index >= 15 is 0 Å². The number of ether oxygens (including phenoxy) is 1. The molecule has 0 radical (unpaired) electrons. The van der Waals surface area contributed by atoms with Crippen molar-refractivity contribution in [3.05, 3.63) is 95.3 Å². The third-order valence-electron chi connectivity index (χ3n) is 5.00. The summed E-state index contributed by atoms with van der Waals surface area (Å²) in [6, 6.07) is 19.7. The zero-order valence-electron chi connectivity index (χ0n) is 16.5. The van der Waals surface area contributed by atoms with Crippen LogP contribution in [0.4, 0.5) is 10.1 Å². The summed E-state index contributed by atoms with van der Waals surface area (Å²) in [5.41, 5.74) is 2.25. The summed E-state index contributed by atoms with van der Waals surface area (Å²) in [6.45, 7) is 2.26. The minimum absolute atomic E-state index is 0.151. The second-order valence-electron chi connectivity index (χ2n) is 6.98. The maximum absolute atomic E-state index is 14.2. The zero-order chi connectivity index (χ0) is 21.1. The third kappa shape index (κ3) is 3.89. The monoisotopic (exact) mass is 404 g/mol. The maximum Gasteiger partial charge on any atom is 0.255 e. The summed E-state index contributed by atoms with van der Waals surface area (Å²) in [6.07, 6.45) is 0. The van der Waals surface area contributed by atoms with Crippen molar-refractivity contribution in [3.8, 4) is 5.75 Å². The summed E-state index contributed by atoms with van der Waals surface area (Å²) in [5, 5.41) is 2.79. The number of hydrogen-bond acceptors (Lipinski definition) is 3. The van der Waals surface area contributed by atoms with Crippen LogP contribution in [-0.4, -0.2) is 29.9 Å². The molecule has 1 unspecified atom stereocenters. The first-order valence-corrected chi connectivity index (χ1v) is 9.75. The SMILES string of the molecule is CCOc1ccc(C(=O)N2CC(=O)Nc3ccc(F)cc3C2c2ccccc2)cc1. The lowest BCUT2D eigenvalue weighted by atomic mass is 9.95. The molecule has 6 heteroatoms. The Labute approximate surface area is 174 Å². The van der Waals surface area contributed by atoms with Crippen molar-refractivity contribution in [2.75, 3.05) is 18.5 Å². The molecule has 0 bridgehead atoms. The Morgan fingerprint density at radius 2 is 1.83 bits per heavy atom. The molecule has 0 aliphatic carbocycles. The van der Waals surface area contributed by atoms with Gasteiger partial charge in [-0.1, -0.05) is 30.3 Å². The lowest BCUT2D eigenvalue weighted by molar-refractivity contribution is -0.117. The van der Waals surface area contributed by atoms with Crippen molar-refractivity contribution < 1.29 is 18.7 Å². The first-order chi connectivity index (χ1) is 14.6. The normalized spacial score (nSPS) is 15.7. The highest BCUT2D eigenvalue weighted by atomic mass is 19.1. The molecule has 1 N–H and O–H groups in total. The van der Waals surface area contributed by atoms with Gasteiger partial charge < -0.3 is 15.0 Å². The number of rotatable bonds is 4. The van der Waals surface area contributed by atoms with Crippen LogP contribution in [0.3, 0.4) is 0 Å². The van der Waals surface area contributed by atoms with E-state index in [-0.39, 0.29) is 18.4 Å². The third-order valence-corrected chi connectivity index (χ3v) is 5.00. The Morgan fingerprint density at radius 1 is 1.10 bits per heavy atom. The predicted octanol–water partition coefficient (Wildman–Crippen LogP) is 4.41. The molecule has 1 aliphatic heterocycles. The number of amides is 2. The maximum atomic E-state index is 14.2. The fraction of sp³-hybridized carbons (Fsp3) is 0.167. The molecule has 1 atom stereocenters. The molecule has 4 rings (SSSR count). The molecule has 0 fully saturated rings. The summed E-state index contributed by atoms with van der Waals surface area (Å²) >= 11 is 0. The Balaban J connectivity index is 1.81. The molecule has 2 amide bonds. The minimum atomic E-state index is -0.616. The van der Waals surface area contributed by atoms with Gasteiger partial charge in [0.15, 0.2) is 0 Å². The average Bonchev–Trinajstić information content (AvgIpc) is 2.90. The van der Waals surface area contributed by atoms with Gasteiger partial charge in [-0.15, -0.1) is 0 Å². The van der Waals surface area contributed by atoms with Gasteiger partial charge in [0, 0.05) is 16.8 Å². The molecule has 5 nitrogen and oxygen atoms in total. The van der Waals surface area contributed by atoms with E-state index in [9.17, 15) is 14.0 Å². The molecule has 0 saturated heterocycles. The molecular formula is C24H21FN2O3. The highest BCUT2D eigenvalue weighted by Crippen LogP contribution is 2.37. The van der Waals surface area contributed by atoms with Gasteiger partial charge in [-0.25, -0.2) is 4.39 Å². The molecule has 1 heterocycles. The Bertz CT molecular complexity index is 1070. The van der Waals surface area contributed by atoms with E-state index < -0.39 is 11.9 Å². The summed E-state index contributed by atoms with van der Waals surface area (Å²) in [7, 11) is 0. The number of carbonyl (C=O) groups is 2. The Morgan fingerprint density at radius 3 is 2.53 bits per heavy atom. The lowest BCUT2D eigenvalue weighted by Gasteiger charge is -2.30. The van der Waals surface area contributed by atoms with Crippen molar-refractivity contribution in [2.24, 2.45) is 0 Å². The molecule has 1 aliphatic rings. The number of anilines is 1. The Kier molecular flexibility index (Phi) is 5.48. The summed E-state index contributed by atoms with van der Waals surface area (Å²) in [4.78, 5) is 27.5. The van der Waals surface area contributed by atoms with Crippen molar-refractivity contribution in [2.45, 2.75) is 13.0 Å². The Hall–Kier alpha value is -3.67. The molecule has 3 aromatic rings. The van der Waals surface area contributed by atoms with E-state index in [1.165, 1.54) is 23.1 Å². The van der Waals surface area contributed by atoms with E-state index in [0.717, 1.165) is 5.56 Å². The summed E-state index contributed by atoms with van der Waals surface area (Å²) < 4.78 is 19.6. The van der Waals surface area contributed by atoms with Gasteiger partial charge in [0.1, 0.15) is 18.1 Å². The first-order valence-electron chi connectivity index (χ1n) is 9.75. The van der Waals surface area contributed by atoms with Crippen LogP contribution in [0.5, 0.6) is 5.75 Å². The molecule has 0 aromatic heterocycles. The van der Waals surface area contributed by atoms with Gasteiger partial charge in [0.2, 0.25) is 5.91 Å². The van der Waals surface area contributed by atoms with Crippen LogP contribution >= 0.6 is 0 Å². The largest absolute Gasteiger partial charge is 0.494 e. The number of hydrogen-bond donors (Lipinski definition) is 1. The number of nitrogens with one attached hydrogen (secondary N) is 1. The van der Waals surface area contributed by atoms with E-state index in [0.29, 0.717) is 29.2 Å². The van der Waals surface area contributed by atoms with Crippen LogP contribution in [0.15, 0.2) is 72.8 Å². The first kappa shape index (κ1) is 19.6. The van der Waals surface area contributed by atoms with Crippen molar-refractivity contribution in [1.29, 1.82) is 0 Å². The number of fused-ring (bicyclic) bond motifs is 1. The van der Waals surface area contributed by atoms with Crippen molar-refractivity contribution >= 4 is 17.5 Å². The van der Waals surface area contributed by atoms with Crippen LogP contribution in [-0.2, 0) is 4.79 Å². The topological polar surface area (TPSA) is 58.6 Å². The van der Waals surface area contributed by atoms with Gasteiger partial charge in [0.25, 0.3) is 5.91 Å². The van der Waals surface area contributed by atoms with E-state index in [2.05, 4.69) is 5.32 Å². The van der Waals surface area contributed by atoms with Gasteiger partial charge in [-0.05, 0) is 55.0 Å². The highest BCUT2D eigenvalue weighted by Gasteiger charge is 2.34. The van der Waals surface area contributed by atoms with Crippen molar-refractivity contribution in [3.63, 3.8) is 0 Å². The van der Waals surface area contributed by atoms with Gasteiger partial charge in [-0.2, -0.15) is 0 Å².